The number of aliphatic hydroxyl groups excluding tert-OH is 1. The van der Waals surface area contributed by atoms with Crippen LogP contribution in [0.2, 0.25) is 0 Å². The second-order valence-corrected chi connectivity index (χ2v) is 3.69. The highest BCUT2D eigenvalue weighted by atomic mass is 32.2. The van der Waals surface area contributed by atoms with E-state index in [0.717, 1.165) is 11.5 Å². The Labute approximate surface area is 82.2 Å². The number of benzene rings is 1. The summed E-state index contributed by atoms with van der Waals surface area (Å²) >= 11 is 1.69. The molecule has 3 heteroatoms. The number of rotatable bonds is 4. The average Bonchev–Trinajstić information content (AvgIpc) is 2.19. The molecule has 2 nitrogen and oxygen atoms in total. The molecule has 1 rings (SSSR count). The van der Waals surface area contributed by atoms with E-state index in [2.05, 4.69) is 6.07 Å². The predicted molar refractivity (Wildman–Crippen MR) is 54.4 cm³/mol. The maximum Gasteiger partial charge on any atom is 0.0991 e. The van der Waals surface area contributed by atoms with E-state index in [1.54, 1.807) is 11.8 Å². The van der Waals surface area contributed by atoms with Gasteiger partial charge < -0.3 is 5.11 Å². The Bertz CT molecular complexity index is 289. The van der Waals surface area contributed by atoms with Gasteiger partial charge in [-0.2, -0.15) is 17.0 Å². The molecule has 0 aliphatic rings. The summed E-state index contributed by atoms with van der Waals surface area (Å²) in [6.07, 6.45) is 0. The molecule has 0 bridgehead atoms. The van der Waals surface area contributed by atoms with Crippen LogP contribution in [-0.4, -0.2) is 17.5 Å². The molecule has 0 radical (unpaired) electrons. The van der Waals surface area contributed by atoms with Gasteiger partial charge in [-0.15, -0.1) is 0 Å². The second kappa shape index (κ2) is 5.63. The summed E-state index contributed by atoms with van der Waals surface area (Å²) < 4.78 is 0. The summed E-state index contributed by atoms with van der Waals surface area (Å²) in [4.78, 5) is 0. The predicted octanol–water partition coefficient (Wildman–Crippen LogP) is 1.78. The molecule has 68 valence electrons. The van der Waals surface area contributed by atoms with Gasteiger partial charge in [0.2, 0.25) is 0 Å². The summed E-state index contributed by atoms with van der Waals surface area (Å²) in [5.41, 5.74) is 1.88. The van der Waals surface area contributed by atoms with Gasteiger partial charge in [0, 0.05) is 11.5 Å². The van der Waals surface area contributed by atoms with Crippen LogP contribution in [0.3, 0.4) is 0 Å². The minimum atomic E-state index is 0.223. The molecule has 0 saturated heterocycles. The van der Waals surface area contributed by atoms with Gasteiger partial charge in [0.15, 0.2) is 0 Å². The normalized spacial score (nSPS) is 9.54. The molecule has 1 N–H and O–H groups in total. The number of hydrogen-bond acceptors (Lipinski definition) is 3. The lowest BCUT2D eigenvalue weighted by Crippen LogP contribution is -1.87. The molecule has 0 aromatic heterocycles. The van der Waals surface area contributed by atoms with E-state index < -0.39 is 0 Å². The van der Waals surface area contributed by atoms with Crippen LogP contribution in [0.25, 0.3) is 0 Å². The molecule has 0 unspecified atom stereocenters. The molecule has 0 aliphatic heterocycles. The number of thioether (sulfide) groups is 1. The van der Waals surface area contributed by atoms with Gasteiger partial charge in [0.25, 0.3) is 0 Å². The van der Waals surface area contributed by atoms with Crippen molar-refractivity contribution in [3.8, 4) is 6.07 Å². The Kier molecular flexibility index (Phi) is 4.37. The average molecular weight is 193 g/mol. The highest BCUT2D eigenvalue weighted by molar-refractivity contribution is 7.98. The molecule has 1 aromatic carbocycles. The first-order valence-electron chi connectivity index (χ1n) is 4.04. The van der Waals surface area contributed by atoms with E-state index in [4.69, 9.17) is 10.4 Å². The maximum absolute atomic E-state index is 8.56. The third-order valence-corrected chi connectivity index (χ3v) is 2.60. The second-order valence-electron chi connectivity index (χ2n) is 2.58. The highest BCUT2D eigenvalue weighted by Crippen LogP contribution is 2.12. The van der Waals surface area contributed by atoms with E-state index in [1.165, 1.54) is 5.56 Å². The van der Waals surface area contributed by atoms with Gasteiger partial charge in [0.1, 0.15) is 0 Å². The Morgan fingerprint density at radius 3 is 2.54 bits per heavy atom. The molecule has 0 saturated carbocycles. The standard InChI is InChI=1S/C10H11NOS/c11-7-9-1-3-10(4-2-9)8-13-6-5-12/h1-4,12H,5-6,8H2. The molecule has 0 heterocycles. The molecule has 0 fully saturated rings. The van der Waals surface area contributed by atoms with E-state index >= 15 is 0 Å². The topological polar surface area (TPSA) is 44.0 Å². The lowest BCUT2D eigenvalue weighted by atomic mass is 10.2. The van der Waals surface area contributed by atoms with Crippen LogP contribution in [-0.2, 0) is 5.75 Å². The van der Waals surface area contributed by atoms with Crippen LogP contribution in [0.4, 0.5) is 0 Å². The lowest BCUT2D eigenvalue weighted by Gasteiger charge is -1.99. The lowest BCUT2D eigenvalue weighted by molar-refractivity contribution is 0.322. The van der Waals surface area contributed by atoms with Crippen LogP contribution < -0.4 is 0 Å². The monoisotopic (exact) mass is 193 g/mol. The fraction of sp³-hybridized carbons (Fsp3) is 0.300. The first kappa shape index (κ1) is 10.1. The van der Waals surface area contributed by atoms with E-state index in [0.29, 0.717) is 5.56 Å². The molecule has 0 atom stereocenters. The van der Waals surface area contributed by atoms with Gasteiger partial charge in [-0.1, -0.05) is 12.1 Å². The van der Waals surface area contributed by atoms with E-state index in [1.807, 2.05) is 24.3 Å². The van der Waals surface area contributed by atoms with Crippen LogP contribution in [0.15, 0.2) is 24.3 Å². The maximum atomic E-state index is 8.56. The van der Waals surface area contributed by atoms with Crippen molar-refractivity contribution in [1.29, 1.82) is 5.26 Å². The molecular weight excluding hydrogens is 182 g/mol. The van der Waals surface area contributed by atoms with Gasteiger partial charge in [-0.05, 0) is 17.7 Å². The SMILES string of the molecule is N#Cc1ccc(CSCCO)cc1. The van der Waals surface area contributed by atoms with Crippen molar-refractivity contribution < 1.29 is 5.11 Å². The largest absolute Gasteiger partial charge is 0.396 e. The third kappa shape index (κ3) is 3.49. The van der Waals surface area contributed by atoms with E-state index in [9.17, 15) is 0 Å². The van der Waals surface area contributed by atoms with Crippen LogP contribution in [0.5, 0.6) is 0 Å². The van der Waals surface area contributed by atoms with Gasteiger partial charge in [-0.25, -0.2) is 0 Å². The minimum absolute atomic E-state index is 0.223. The number of nitriles is 1. The zero-order chi connectivity index (χ0) is 9.52. The van der Waals surface area contributed by atoms with Crippen molar-refractivity contribution in [3.63, 3.8) is 0 Å². The summed E-state index contributed by atoms with van der Waals surface area (Å²) in [7, 11) is 0. The third-order valence-electron chi connectivity index (χ3n) is 1.59. The van der Waals surface area contributed by atoms with Crippen molar-refractivity contribution in [2.75, 3.05) is 12.4 Å². The number of aliphatic hydroxyl groups is 1. The van der Waals surface area contributed by atoms with Gasteiger partial charge in [0.05, 0.1) is 18.2 Å². The molecule has 1 aromatic rings. The van der Waals surface area contributed by atoms with Crippen LogP contribution in [0, 0.1) is 11.3 Å². The fourth-order valence-electron chi connectivity index (χ4n) is 0.930. The summed E-state index contributed by atoms with van der Waals surface area (Å²) in [6, 6.07) is 9.60. The summed E-state index contributed by atoms with van der Waals surface area (Å²) in [6.45, 7) is 0.223. The highest BCUT2D eigenvalue weighted by Gasteiger charge is 1.93. The zero-order valence-corrected chi connectivity index (χ0v) is 8.05. The first-order chi connectivity index (χ1) is 6.36. The van der Waals surface area contributed by atoms with Crippen molar-refractivity contribution in [2.45, 2.75) is 5.75 Å². The van der Waals surface area contributed by atoms with Gasteiger partial charge in [-0.3, -0.25) is 0 Å². The molecular formula is C10H11NOS. The van der Waals surface area contributed by atoms with Crippen LogP contribution >= 0.6 is 11.8 Å². The van der Waals surface area contributed by atoms with Crippen molar-refractivity contribution in [1.82, 2.24) is 0 Å². The minimum Gasteiger partial charge on any atom is -0.396 e. The smallest absolute Gasteiger partial charge is 0.0991 e. The Hall–Kier alpha value is -0.980. The summed E-state index contributed by atoms with van der Waals surface area (Å²) in [5.74, 6) is 1.66. The summed E-state index contributed by atoms with van der Waals surface area (Å²) in [5, 5.41) is 17.1. The Balaban J connectivity index is 2.46. The Morgan fingerprint density at radius 1 is 1.31 bits per heavy atom. The molecule has 13 heavy (non-hydrogen) atoms. The molecule has 0 aliphatic carbocycles. The Morgan fingerprint density at radius 2 is 2.00 bits per heavy atom. The van der Waals surface area contributed by atoms with Crippen molar-refractivity contribution >= 4 is 11.8 Å². The first-order valence-corrected chi connectivity index (χ1v) is 5.20. The number of nitrogens with zero attached hydrogens (tertiary/aromatic N) is 1. The van der Waals surface area contributed by atoms with Crippen LogP contribution in [0.1, 0.15) is 11.1 Å². The van der Waals surface area contributed by atoms with Gasteiger partial charge >= 0.3 is 0 Å². The molecule has 0 amide bonds. The zero-order valence-electron chi connectivity index (χ0n) is 7.23. The quantitative estimate of drug-likeness (QED) is 0.741. The molecule has 0 spiro atoms. The fourth-order valence-corrected chi connectivity index (χ4v) is 1.63. The van der Waals surface area contributed by atoms with Crippen molar-refractivity contribution in [2.24, 2.45) is 0 Å². The van der Waals surface area contributed by atoms with E-state index in [-0.39, 0.29) is 6.61 Å². The number of hydrogen-bond donors (Lipinski definition) is 1. The van der Waals surface area contributed by atoms with Crippen molar-refractivity contribution in [3.05, 3.63) is 35.4 Å².